The minimum atomic E-state index is -0.963. The van der Waals surface area contributed by atoms with E-state index in [-0.39, 0.29) is 5.46 Å². The Hall–Kier alpha value is -0.925. The maximum absolute atomic E-state index is 12.1. The molecular formula is C5H2BF2N. The van der Waals surface area contributed by atoms with Gasteiger partial charge < -0.3 is 0 Å². The van der Waals surface area contributed by atoms with Crippen molar-refractivity contribution in [3.05, 3.63) is 24.0 Å². The summed E-state index contributed by atoms with van der Waals surface area (Å²) in [6.07, 6.45) is 0. The monoisotopic (exact) mass is 125 g/mol. The van der Waals surface area contributed by atoms with Crippen molar-refractivity contribution < 1.29 is 8.78 Å². The van der Waals surface area contributed by atoms with Crippen molar-refractivity contribution >= 4 is 13.3 Å². The summed E-state index contributed by atoms with van der Waals surface area (Å²) in [6.45, 7) is 0. The highest BCUT2D eigenvalue weighted by Gasteiger charge is 1.97. The Morgan fingerprint density at radius 1 is 1.33 bits per heavy atom. The molecule has 1 rings (SSSR count). The summed E-state index contributed by atoms with van der Waals surface area (Å²) in [7, 11) is 4.98. The standard InChI is InChI=1S/C5H2BF2N/c6-3-1-2-4(7)9-5(3)8/h1-2H. The molecule has 0 aliphatic heterocycles. The number of nitrogens with zero attached hydrogens (tertiary/aromatic N) is 1. The van der Waals surface area contributed by atoms with Gasteiger partial charge in [-0.3, -0.25) is 0 Å². The minimum Gasteiger partial charge on any atom is -0.191 e. The molecule has 0 amide bonds. The molecule has 0 saturated carbocycles. The third-order valence-corrected chi connectivity index (χ3v) is 0.844. The molecule has 0 spiro atoms. The van der Waals surface area contributed by atoms with E-state index < -0.39 is 11.9 Å². The second-order valence-corrected chi connectivity index (χ2v) is 1.51. The van der Waals surface area contributed by atoms with Crippen molar-refractivity contribution in [3.63, 3.8) is 0 Å². The van der Waals surface area contributed by atoms with Crippen molar-refractivity contribution in [3.8, 4) is 0 Å². The van der Waals surface area contributed by atoms with Crippen LogP contribution in [0, 0.1) is 11.9 Å². The molecule has 0 N–H and O–H groups in total. The van der Waals surface area contributed by atoms with Gasteiger partial charge in [0.1, 0.15) is 7.85 Å². The highest BCUT2D eigenvalue weighted by atomic mass is 19.1. The van der Waals surface area contributed by atoms with E-state index in [0.717, 1.165) is 12.1 Å². The van der Waals surface area contributed by atoms with Crippen LogP contribution in [0.25, 0.3) is 0 Å². The van der Waals surface area contributed by atoms with E-state index in [1.54, 1.807) is 0 Å². The van der Waals surface area contributed by atoms with Crippen molar-refractivity contribution in [2.24, 2.45) is 0 Å². The van der Waals surface area contributed by atoms with Gasteiger partial charge in [0.15, 0.2) is 0 Å². The topological polar surface area (TPSA) is 12.9 Å². The summed E-state index contributed by atoms with van der Waals surface area (Å²) in [6, 6.07) is 2.12. The molecule has 1 aromatic rings. The summed E-state index contributed by atoms with van der Waals surface area (Å²) in [5, 5.41) is 0. The third-order valence-electron chi connectivity index (χ3n) is 0.844. The predicted molar refractivity (Wildman–Crippen MR) is 29.5 cm³/mol. The van der Waals surface area contributed by atoms with Crippen LogP contribution in [0.5, 0.6) is 0 Å². The van der Waals surface area contributed by atoms with Gasteiger partial charge in [-0.05, 0) is 11.5 Å². The summed E-state index contributed by atoms with van der Waals surface area (Å²) < 4.78 is 24.0. The number of halogens is 2. The molecule has 0 atom stereocenters. The summed E-state index contributed by atoms with van der Waals surface area (Å²) in [4.78, 5) is 2.81. The normalized spacial score (nSPS) is 9.56. The van der Waals surface area contributed by atoms with Crippen LogP contribution in [-0.4, -0.2) is 12.8 Å². The van der Waals surface area contributed by atoms with Gasteiger partial charge in [-0.2, -0.15) is 13.8 Å². The molecule has 4 heteroatoms. The van der Waals surface area contributed by atoms with Crippen LogP contribution in [0.4, 0.5) is 8.78 Å². The predicted octanol–water partition coefficient (Wildman–Crippen LogP) is 0.154. The van der Waals surface area contributed by atoms with Crippen LogP contribution >= 0.6 is 0 Å². The van der Waals surface area contributed by atoms with Crippen LogP contribution in [0.2, 0.25) is 0 Å². The van der Waals surface area contributed by atoms with Crippen LogP contribution in [0.1, 0.15) is 0 Å². The molecule has 0 fully saturated rings. The molecule has 0 aromatic carbocycles. The summed E-state index contributed by atoms with van der Waals surface area (Å²) in [5.74, 6) is -1.82. The number of hydrogen-bond donors (Lipinski definition) is 0. The molecule has 0 unspecified atom stereocenters. The van der Waals surface area contributed by atoms with E-state index in [1.807, 2.05) is 0 Å². The van der Waals surface area contributed by atoms with E-state index >= 15 is 0 Å². The lowest BCUT2D eigenvalue weighted by molar-refractivity contribution is 0.518. The molecule has 0 aliphatic carbocycles. The van der Waals surface area contributed by atoms with Gasteiger partial charge in [0.25, 0.3) is 0 Å². The second-order valence-electron chi connectivity index (χ2n) is 1.51. The third kappa shape index (κ3) is 1.25. The van der Waals surface area contributed by atoms with Gasteiger partial charge in [0.2, 0.25) is 11.9 Å². The first-order valence-electron chi connectivity index (χ1n) is 2.27. The Morgan fingerprint density at radius 3 is 2.44 bits per heavy atom. The molecule has 1 nitrogen and oxygen atoms in total. The van der Waals surface area contributed by atoms with Gasteiger partial charge >= 0.3 is 0 Å². The van der Waals surface area contributed by atoms with Crippen LogP contribution in [-0.2, 0) is 0 Å². The maximum atomic E-state index is 12.1. The Kier molecular flexibility index (Phi) is 1.47. The maximum Gasteiger partial charge on any atom is 0.215 e. The van der Waals surface area contributed by atoms with E-state index in [1.165, 1.54) is 0 Å². The number of pyridine rings is 1. The Balaban J connectivity index is 3.17. The van der Waals surface area contributed by atoms with Gasteiger partial charge in [0.05, 0.1) is 0 Å². The fourth-order valence-corrected chi connectivity index (χ4v) is 0.423. The largest absolute Gasteiger partial charge is 0.215 e. The number of hydrogen-bond acceptors (Lipinski definition) is 1. The van der Waals surface area contributed by atoms with E-state index in [9.17, 15) is 8.78 Å². The van der Waals surface area contributed by atoms with Crippen molar-refractivity contribution in [1.29, 1.82) is 0 Å². The lowest BCUT2D eigenvalue weighted by Crippen LogP contribution is -2.10. The molecule has 0 saturated heterocycles. The van der Waals surface area contributed by atoms with Crippen molar-refractivity contribution in [1.82, 2.24) is 4.98 Å². The summed E-state index contributed by atoms with van der Waals surface area (Å²) >= 11 is 0. The van der Waals surface area contributed by atoms with Crippen LogP contribution in [0.15, 0.2) is 12.1 Å². The van der Waals surface area contributed by atoms with E-state index in [4.69, 9.17) is 7.85 Å². The van der Waals surface area contributed by atoms with Gasteiger partial charge in [-0.1, -0.05) is 6.07 Å². The zero-order valence-corrected chi connectivity index (χ0v) is 4.44. The first-order chi connectivity index (χ1) is 4.20. The fraction of sp³-hybridized carbons (Fsp3) is 0. The quantitative estimate of drug-likeness (QED) is 0.355. The highest BCUT2D eigenvalue weighted by Crippen LogP contribution is 1.90. The molecule has 0 aliphatic rings. The molecule has 0 bridgehead atoms. The molecule has 1 aromatic heterocycles. The Labute approximate surface area is 52.1 Å². The first kappa shape index (κ1) is 6.20. The highest BCUT2D eigenvalue weighted by molar-refractivity contribution is 6.32. The van der Waals surface area contributed by atoms with Gasteiger partial charge in [0, 0.05) is 0 Å². The van der Waals surface area contributed by atoms with Crippen LogP contribution in [0.3, 0.4) is 0 Å². The van der Waals surface area contributed by atoms with Crippen LogP contribution < -0.4 is 5.46 Å². The average molecular weight is 125 g/mol. The Bertz CT molecular complexity index is 226. The van der Waals surface area contributed by atoms with Gasteiger partial charge in [-0.15, -0.1) is 0 Å². The average Bonchev–Trinajstić information content (AvgIpc) is 1.80. The van der Waals surface area contributed by atoms with Crippen molar-refractivity contribution in [2.75, 3.05) is 0 Å². The smallest absolute Gasteiger partial charge is 0.191 e. The fourth-order valence-electron chi connectivity index (χ4n) is 0.423. The zero-order chi connectivity index (χ0) is 6.85. The van der Waals surface area contributed by atoms with E-state index in [2.05, 4.69) is 4.98 Å². The molecule has 9 heavy (non-hydrogen) atoms. The zero-order valence-electron chi connectivity index (χ0n) is 4.44. The molecule has 2 radical (unpaired) electrons. The van der Waals surface area contributed by atoms with E-state index in [0.29, 0.717) is 0 Å². The lowest BCUT2D eigenvalue weighted by Gasteiger charge is -1.91. The number of aromatic nitrogens is 1. The molecule has 44 valence electrons. The first-order valence-corrected chi connectivity index (χ1v) is 2.27. The number of rotatable bonds is 0. The summed E-state index contributed by atoms with van der Waals surface area (Å²) in [5.41, 5.74) is -0.142. The minimum absolute atomic E-state index is 0.142. The van der Waals surface area contributed by atoms with Gasteiger partial charge in [-0.25, -0.2) is 0 Å². The molecule has 1 heterocycles. The molecular weight excluding hydrogens is 123 g/mol. The SMILES string of the molecule is [B]c1ccc(F)nc1F. The van der Waals surface area contributed by atoms with Crippen molar-refractivity contribution in [2.45, 2.75) is 0 Å². The lowest BCUT2D eigenvalue weighted by atomic mass is 9.99. The second kappa shape index (κ2) is 2.13. The Morgan fingerprint density at radius 2 is 2.00 bits per heavy atom.